The van der Waals surface area contributed by atoms with E-state index in [1.54, 1.807) is 46.3 Å². The van der Waals surface area contributed by atoms with E-state index in [2.05, 4.69) is 43.1 Å². The van der Waals surface area contributed by atoms with Gasteiger partial charge in [0.2, 0.25) is 17.8 Å². The van der Waals surface area contributed by atoms with Crippen LogP contribution >= 0.6 is 0 Å². The molecule has 1 fully saturated rings. The molecule has 4 N–H and O–H groups in total. The molecule has 0 saturated heterocycles. The van der Waals surface area contributed by atoms with Crippen molar-refractivity contribution in [2.24, 2.45) is 11.8 Å². The lowest BCUT2D eigenvalue weighted by Gasteiger charge is -2.33. The average Bonchev–Trinajstić information content (AvgIpc) is 2.85. The van der Waals surface area contributed by atoms with Gasteiger partial charge in [-0.15, -0.1) is 0 Å². The molecular formula is C26H31FN6O3. The number of ether oxygens (including phenoxy) is 1. The molecule has 2 amide bonds. The molecule has 10 heteroatoms. The van der Waals surface area contributed by atoms with Crippen LogP contribution in [-0.2, 0) is 9.59 Å². The second-order valence-corrected chi connectivity index (χ2v) is 8.37. The Kier molecular flexibility index (Phi) is 8.84. The van der Waals surface area contributed by atoms with E-state index >= 15 is 0 Å². The largest absolute Gasteiger partial charge is 0.494 e. The molecule has 0 aliphatic heterocycles. The Hall–Kier alpha value is -4.13. The topological polar surface area (TPSA) is 117 Å². The number of halogens is 1. The van der Waals surface area contributed by atoms with E-state index in [1.807, 2.05) is 0 Å². The Morgan fingerprint density at radius 1 is 1.28 bits per heavy atom. The van der Waals surface area contributed by atoms with Crippen molar-refractivity contribution in [3.05, 3.63) is 47.4 Å². The highest BCUT2D eigenvalue weighted by atomic mass is 19.1. The minimum absolute atomic E-state index is 0.0264. The van der Waals surface area contributed by atoms with Gasteiger partial charge in [0.1, 0.15) is 5.82 Å². The normalized spacial score (nSPS) is 17.6. The number of rotatable bonds is 8. The van der Waals surface area contributed by atoms with Crippen molar-refractivity contribution in [1.82, 2.24) is 20.6 Å². The lowest BCUT2D eigenvalue weighted by Crippen LogP contribution is -2.46. The first-order valence-electron chi connectivity index (χ1n) is 11.6. The van der Waals surface area contributed by atoms with E-state index in [-0.39, 0.29) is 29.5 Å². The first-order chi connectivity index (χ1) is 17.3. The second-order valence-electron chi connectivity index (χ2n) is 8.37. The monoisotopic (exact) mass is 494 g/mol. The van der Waals surface area contributed by atoms with Crippen LogP contribution in [0.5, 0.6) is 5.75 Å². The summed E-state index contributed by atoms with van der Waals surface area (Å²) in [5, 5.41) is 11.5. The van der Waals surface area contributed by atoms with Crippen LogP contribution in [0.4, 0.5) is 21.8 Å². The second kappa shape index (κ2) is 12.0. The van der Waals surface area contributed by atoms with Gasteiger partial charge < -0.3 is 26.0 Å². The van der Waals surface area contributed by atoms with Gasteiger partial charge in [0, 0.05) is 43.4 Å². The fourth-order valence-electron chi connectivity index (χ4n) is 3.82. The maximum absolute atomic E-state index is 13.9. The smallest absolute Gasteiger partial charge is 0.247 e. The molecule has 9 nitrogen and oxygen atoms in total. The third-order valence-corrected chi connectivity index (χ3v) is 5.99. The summed E-state index contributed by atoms with van der Waals surface area (Å²) in [5.41, 5.74) is 1.57. The Labute approximate surface area is 210 Å². The maximum atomic E-state index is 13.9. The van der Waals surface area contributed by atoms with Crippen molar-refractivity contribution in [3.8, 4) is 17.6 Å². The Bertz CT molecular complexity index is 1210. The highest BCUT2D eigenvalue weighted by Gasteiger charge is 2.31. The lowest BCUT2D eigenvalue weighted by atomic mass is 9.80. The summed E-state index contributed by atoms with van der Waals surface area (Å²) in [6, 6.07) is 4.52. The molecule has 1 aromatic carbocycles. The highest BCUT2D eigenvalue weighted by Crippen LogP contribution is 2.28. The van der Waals surface area contributed by atoms with Gasteiger partial charge in [0.15, 0.2) is 11.6 Å². The zero-order valence-electron chi connectivity index (χ0n) is 21.0. The van der Waals surface area contributed by atoms with Crippen LogP contribution < -0.4 is 26.0 Å². The molecule has 190 valence electrons. The number of nitrogens with one attached hydrogen (secondary N) is 4. The summed E-state index contributed by atoms with van der Waals surface area (Å²) < 4.78 is 18.9. The fraction of sp³-hybridized carbons (Fsp3) is 0.385. The zero-order chi connectivity index (χ0) is 26.2. The summed E-state index contributed by atoms with van der Waals surface area (Å²) in [5.74, 6) is 6.01. The molecule has 1 aliphatic carbocycles. The van der Waals surface area contributed by atoms with E-state index in [0.717, 1.165) is 12.8 Å². The van der Waals surface area contributed by atoms with Crippen molar-refractivity contribution in [2.45, 2.75) is 32.7 Å². The highest BCUT2D eigenvalue weighted by molar-refractivity contribution is 5.99. The van der Waals surface area contributed by atoms with Crippen LogP contribution in [0.3, 0.4) is 0 Å². The first-order valence-corrected chi connectivity index (χ1v) is 11.6. The number of nitrogens with zero attached hydrogens (tertiary/aromatic N) is 2. The summed E-state index contributed by atoms with van der Waals surface area (Å²) in [6.45, 7) is 3.47. The number of amides is 2. The Morgan fingerprint density at radius 3 is 2.64 bits per heavy atom. The molecule has 1 heterocycles. The fourth-order valence-corrected chi connectivity index (χ4v) is 3.82. The summed E-state index contributed by atoms with van der Waals surface area (Å²) >= 11 is 0. The molecule has 0 spiro atoms. The summed E-state index contributed by atoms with van der Waals surface area (Å²) in [4.78, 5) is 33.1. The van der Waals surface area contributed by atoms with E-state index in [0.29, 0.717) is 28.6 Å². The number of benzene rings is 1. The number of aromatic nitrogens is 2. The van der Waals surface area contributed by atoms with Crippen LogP contribution in [-0.4, -0.2) is 49.0 Å². The first kappa shape index (κ1) is 26.5. The van der Waals surface area contributed by atoms with E-state index < -0.39 is 11.7 Å². The van der Waals surface area contributed by atoms with Crippen LogP contribution in [0.1, 0.15) is 32.3 Å². The molecule has 0 unspecified atom stereocenters. The predicted molar refractivity (Wildman–Crippen MR) is 136 cm³/mol. The number of anilines is 3. The average molecular weight is 495 g/mol. The number of allylic oxidation sites excluding steroid dienone is 1. The van der Waals surface area contributed by atoms with E-state index in [9.17, 15) is 14.0 Å². The van der Waals surface area contributed by atoms with Crippen LogP contribution in [0.2, 0.25) is 0 Å². The maximum Gasteiger partial charge on any atom is 0.247 e. The molecule has 1 aromatic heterocycles. The van der Waals surface area contributed by atoms with Gasteiger partial charge in [-0.1, -0.05) is 17.9 Å². The molecule has 1 atom stereocenters. The zero-order valence-corrected chi connectivity index (χ0v) is 21.0. The predicted octanol–water partition coefficient (Wildman–Crippen LogP) is 2.98. The van der Waals surface area contributed by atoms with Crippen molar-refractivity contribution in [2.75, 3.05) is 31.8 Å². The quantitative estimate of drug-likeness (QED) is 0.329. The number of hydrogen-bond acceptors (Lipinski definition) is 7. The summed E-state index contributed by atoms with van der Waals surface area (Å²) in [6.07, 6.45) is 4.73. The molecule has 0 radical (unpaired) electrons. The molecule has 1 aliphatic rings. The van der Waals surface area contributed by atoms with Gasteiger partial charge >= 0.3 is 0 Å². The van der Waals surface area contributed by atoms with Gasteiger partial charge in [-0.25, -0.2) is 9.37 Å². The number of hydrogen-bond donors (Lipinski definition) is 4. The van der Waals surface area contributed by atoms with Gasteiger partial charge in [-0.3, -0.25) is 9.59 Å². The molecule has 3 rings (SSSR count). The summed E-state index contributed by atoms with van der Waals surface area (Å²) in [7, 11) is 4.68. The van der Waals surface area contributed by atoms with Crippen molar-refractivity contribution >= 4 is 29.3 Å². The third-order valence-electron chi connectivity index (χ3n) is 5.99. The number of likely N-dealkylation sites (N-methyl/N-ethyl adjacent to an activating group) is 1. The third kappa shape index (κ3) is 6.30. The van der Waals surface area contributed by atoms with Crippen LogP contribution in [0.15, 0.2) is 36.0 Å². The van der Waals surface area contributed by atoms with Gasteiger partial charge in [0.05, 0.1) is 24.8 Å². The van der Waals surface area contributed by atoms with Crippen molar-refractivity contribution < 1.29 is 18.7 Å². The van der Waals surface area contributed by atoms with Gasteiger partial charge in [-0.05, 0) is 38.8 Å². The standard InChI is InChI=1S/C26H31FN6O3/c1-6-20(25(35)29-4)15(2)24(34)31-19-11-16(12-19)7-8-17-14-30-26(33-23(17)28-3)32-18-9-10-22(36-5)21(27)13-18/h6,9-10,13-16,19H,11-12H2,1-5H3,(H,29,35)(H,31,34)(H2,28,30,32,33)/b20-6-/t15-,16?,19?/m0/s1. The Balaban J connectivity index is 1.57. The molecule has 1 saturated carbocycles. The molecule has 2 aromatic rings. The number of carbonyl (C=O) groups is 2. The molecular weight excluding hydrogens is 463 g/mol. The van der Waals surface area contributed by atoms with E-state index in [4.69, 9.17) is 4.74 Å². The van der Waals surface area contributed by atoms with Crippen LogP contribution in [0.25, 0.3) is 0 Å². The van der Waals surface area contributed by atoms with Crippen LogP contribution in [0, 0.1) is 29.5 Å². The van der Waals surface area contributed by atoms with Crippen molar-refractivity contribution in [1.29, 1.82) is 0 Å². The molecule has 36 heavy (non-hydrogen) atoms. The number of carbonyl (C=O) groups excluding carboxylic acids is 2. The van der Waals surface area contributed by atoms with E-state index in [1.165, 1.54) is 19.2 Å². The van der Waals surface area contributed by atoms with Gasteiger partial charge in [-0.2, -0.15) is 4.98 Å². The number of methoxy groups -OCH3 is 1. The van der Waals surface area contributed by atoms with Gasteiger partial charge in [0.25, 0.3) is 0 Å². The SMILES string of the molecule is C/C=C(\C(=O)NC)[C@H](C)C(=O)NC1CC(C#Cc2cnc(Nc3ccc(OC)c(F)c3)nc2NC)C1. The Morgan fingerprint density at radius 2 is 2.03 bits per heavy atom. The van der Waals surface area contributed by atoms with Crippen molar-refractivity contribution in [3.63, 3.8) is 0 Å². The minimum atomic E-state index is -0.531. The minimum Gasteiger partial charge on any atom is -0.494 e. The lowest BCUT2D eigenvalue weighted by molar-refractivity contribution is -0.127. The molecule has 0 bridgehead atoms.